The van der Waals surface area contributed by atoms with Gasteiger partial charge in [-0.05, 0) is 16.9 Å². The number of aliphatic carboxylic acids is 1. The van der Waals surface area contributed by atoms with Crippen molar-refractivity contribution >= 4 is 11.5 Å². The van der Waals surface area contributed by atoms with Gasteiger partial charge in [0.1, 0.15) is 0 Å². The Balaban J connectivity index is 2.29. The molecule has 0 radical (unpaired) electrons. The number of nitrogens with zero attached hydrogens (tertiary/aromatic N) is 1. The Morgan fingerprint density at radius 3 is 2.44 bits per heavy atom. The van der Waals surface area contributed by atoms with Gasteiger partial charge < -0.3 is 5.11 Å². The molecule has 0 heterocycles. The maximum absolute atomic E-state index is 11.1. The molecule has 92 valence electrons. The lowest BCUT2D eigenvalue weighted by atomic mass is 10.0. The maximum atomic E-state index is 11.1. The fraction of sp³-hybridized carbons (Fsp3) is 0.333. The van der Waals surface area contributed by atoms with Crippen LogP contribution in [0.1, 0.15) is 19.4 Å². The van der Waals surface area contributed by atoms with Crippen LogP contribution in [-0.2, 0) is 4.79 Å². The van der Waals surface area contributed by atoms with Crippen molar-refractivity contribution in [2.75, 3.05) is 0 Å². The minimum Gasteiger partial charge on any atom is -0.481 e. The highest BCUT2D eigenvalue weighted by Crippen LogP contribution is 2.59. The van der Waals surface area contributed by atoms with E-state index in [1.54, 1.807) is 6.08 Å². The fourth-order valence-electron chi connectivity index (χ4n) is 2.46. The van der Waals surface area contributed by atoms with Crippen molar-refractivity contribution in [3.05, 3.63) is 42.0 Å². The Labute approximate surface area is 106 Å². The van der Waals surface area contributed by atoms with Gasteiger partial charge in [-0.1, -0.05) is 50.3 Å². The molecule has 1 fully saturated rings. The standard InChI is InChI=1S/C15H15NO2/c1-15(2)12(13(15)14(17)18)8-11(9-16)10-6-4-3-5-7-10/h3-8,12-13H,1-2H3,(H,17,18)/b11-8+/t12-,13+/m0/s1. The van der Waals surface area contributed by atoms with Crippen LogP contribution < -0.4 is 0 Å². The zero-order valence-electron chi connectivity index (χ0n) is 10.4. The second kappa shape index (κ2) is 4.30. The van der Waals surface area contributed by atoms with E-state index in [1.807, 2.05) is 44.2 Å². The van der Waals surface area contributed by atoms with Gasteiger partial charge in [0.25, 0.3) is 0 Å². The highest BCUT2D eigenvalue weighted by atomic mass is 16.4. The van der Waals surface area contributed by atoms with Gasteiger partial charge in [0.15, 0.2) is 0 Å². The van der Waals surface area contributed by atoms with E-state index in [1.165, 1.54) is 0 Å². The van der Waals surface area contributed by atoms with Gasteiger partial charge in [0, 0.05) is 0 Å². The molecule has 1 aromatic carbocycles. The predicted octanol–water partition coefficient (Wildman–Crippen LogP) is 2.95. The molecule has 0 bridgehead atoms. The van der Waals surface area contributed by atoms with Gasteiger partial charge in [-0.3, -0.25) is 4.79 Å². The number of nitriles is 1. The Morgan fingerprint density at radius 1 is 1.39 bits per heavy atom. The van der Waals surface area contributed by atoms with Crippen LogP contribution >= 0.6 is 0 Å². The summed E-state index contributed by atoms with van der Waals surface area (Å²) in [7, 11) is 0. The monoisotopic (exact) mass is 241 g/mol. The number of hydrogen-bond donors (Lipinski definition) is 1. The Bertz CT molecular complexity index is 537. The van der Waals surface area contributed by atoms with Crippen molar-refractivity contribution in [2.45, 2.75) is 13.8 Å². The number of carboxylic acid groups (broad SMARTS) is 1. The van der Waals surface area contributed by atoms with E-state index in [-0.39, 0.29) is 17.3 Å². The first-order chi connectivity index (χ1) is 8.48. The van der Waals surface area contributed by atoms with Crippen molar-refractivity contribution in [3.63, 3.8) is 0 Å². The van der Waals surface area contributed by atoms with E-state index >= 15 is 0 Å². The first-order valence-corrected chi connectivity index (χ1v) is 5.88. The van der Waals surface area contributed by atoms with Crippen molar-refractivity contribution in [1.82, 2.24) is 0 Å². The largest absolute Gasteiger partial charge is 0.481 e. The molecular formula is C15H15NO2. The Kier molecular flexibility index (Phi) is 2.96. The molecule has 18 heavy (non-hydrogen) atoms. The van der Waals surface area contributed by atoms with Gasteiger partial charge in [-0.2, -0.15) is 5.26 Å². The third-order valence-corrected chi connectivity index (χ3v) is 3.73. The molecule has 0 amide bonds. The molecule has 2 atom stereocenters. The summed E-state index contributed by atoms with van der Waals surface area (Å²) in [4.78, 5) is 11.1. The van der Waals surface area contributed by atoms with E-state index in [2.05, 4.69) is 6.07 Å². The average Bonchev–Trinajstić information content (AvgIpc) is 2.89. The third kappa shape index (κ3) is 2.02. The van der Waals surface area contributed by atoms with Crippen molar-refractivity contribution in [2.24, 2.45) is 17.3 Å². The zero-order valence-corrected chi connectivity index (χ0v) is 10.4. The summed E-state index contributed by atoms with van der Waals surface area (Å²) in [6.45, 7) is 3.85. The van der Waals surface area contributed by atoms with Crippen LogP contribution in [0.2, 0.25) is 0 Å². The molecule has 1 aliphatic rings. The van der Waals surface area contributed by atoms with Gasteiger partial charge in [-0.15, -0.1) is 0 Å². The minimum atomic E-state index is -0.786. The van der Waals surface area contributed by atoms with E-state index in [0.717, 1.165) is 5.56 Å². The second-order valence-corrected chi connectivity index (χ2v) is 5.22. The van der Waals surface area contributed by atoms with Crippen LogP contribution in [0.5, 0.6) is 0 Å². The molecule has 0 spiro atoms. The van der Waals surface area contributed by atoms with Crippen LogP contribution in [0.15, 0.2) is 36.4 Å². The summed E-state index contributed by atoms with van der Waals surface area (Å²) < 4.78 is 0. The lowest BCUT2D eigenvalue weighted by Crippen LogP contribution is -2.03. The van der Waals surface area contributed by atoms with Crippen molar-refractivity contribution in [1.29, 1.82) is 5.26 Å². The second-order valence-electron chi connectivity index (χ2n) is 5.22. The van der Waals surface area contributed by atoms with Crippen molar-refractivity contribution in [3.8, 4) is 6.07 Å². The molecule has 1 N–H and O–H groups in total. The Hall–Kier alpha value is -2.08. The first kappa shape index (κ1) is 12.4. The quantitative estimate of drug-likeness (QED) is 0.827. The number of allylic oxidation sites excluding steroid dienone is 2. The summed E-state index contributed by atoms with van der Waals surface area (Å²) in [5, 5.41) is 18.3. The van der Waals surface area contributed by atoms with E-state index < -0.39 is 5.97 Å². The average molecular weight is 241 g/mol. The predicted molar refractivity (Wildman–Crippen MR) is 68.4 cm³/mol. The van der Waals surface area contributed by atoms with Gasteiger partial charge in [0.05, 0.1) is 17.6 Å². The van der Waals surface area contributed by atoms with Crippen LogP contribution in [0.3, 0.4) is 0 Å². The smallest absolute Gasteiger partial charge is 0.307 e. The molecule has 0 unspecified atom stereocenters. The molecule has 2 rings (SSSR count). The van der Waals surface area contributed by atoms with Gasteiger partial charge in [-0.25, -0.2) is 0 Å². The summed E-state index contributed by atoms with van der Waals surface area (Å²) in [6.07, 6.45) is 1.80. The molecule has 0 saturated heterocycles. The molecule has 1 saturated carbocycles. The number of rotatable bonds is 3. The summed E-state index contributed by atoms with van der Waals surface area (Å²) in [5.74, 6) is -1.24. The maximum Gasteiger partial charge on any atom is 0.307 e. The van der Waals surface area contributed by atoms with E-state index in [4.69, 9.17) is 5.11 Å². The highest BCUT2D eigenvalue weighted by molar-refractivity contribution is 5.81. The number of hydrogen-bond acceptors (Lipinski definition) is 2. The topological polar surface area (TPSA) is 61.1 Å². The molecule has 3 heteroatoms. The zero-order chi connectivity index (χ0) is 13.3. The number of carboxylic acids is 1. The molecule has 1 aliphatic carbocycles. The van der Waals surface area contributed by atoms with Gasteiger partial charge in [0.2, 0.25) is 0 Å². The molecule has 3 nitrogen and oxygen atoms in total. The number of carbonyl (C=O) groups is 1. The Morgan fingerprint density at radius 2 is 2.00 bits per heavy atom. The highest BCUT2D eigenvalue weighted by Gasteiger charge is 2.61. The summed E-state index contributed by atoms with van der Waals surface area (Å²) in [6, 6.07) is 11.5. The van der Waals surface area contributed by atoms with Crippen LogP contribution in [0, 0.1) is 28.6 Å². The third-order valence-electron chi connectivity index (χ3n) is 3.73. The lowest BCUT2D eigenvalue weighted by Gasteiger charge is -2.00. The molecule has 1 aromatic rings. The van der Waals surface area contributed by atoms with Crippen molar-refractivity contribution < 1.29 is 9.90 Å². The van der Waals surface area contributed by atoms with Gasteiger partial charge >= 0.3 is 5.97 Å². The van der Waals surface area contributed by atoms with Crippen LogP contribution in [-0.4, -0.2) is 11.1 Å². The first-order valence-electron chi connectivity index (χ1n) is 5.88. The molecule has 0 aromatic heterocycles. The molecular weight excluding hydrogens is 226 g/mol. The number of benzene rings is 1. The summed E-state index contributed by atoms with van der Waals surface area (Å²) in [5.41, 5.74) is 1.13. The van der Waals surface area contributed by atoms with E-state index in [9.17, 15) is 10.1 Å². The summed E-state index contributed by atoms with van der Waals surface area (Å²) >= 11 is 0. The molecule has 0 aliphatic heterocycles. The fourth-order valence-corrected chi connectivity index (χ4v) is 2.46. The normalized spacial score (nSPS) is 25.3. The SMILES string of the molecule is CC1(C)[C@@H](/C=C(\C#N)c2ccccc2)[C@@H]1C(=O)O. The lowest BCUT2D eigenvalue weighted by molar-refractivity contribution is -0.139. The van der Waals surface area contributed by atoms with Crippen LogP contribution in [0.25, 0.3) is 5.57 Å². The van der Waals surface area contributed by atoms with E-state index in [0.29, 0.717) is 5.57 Å². The van der Waals surface area contributed by atoms with Crippen LogP contribution in [0.4, 0.5) is 0 Å². The minimum absolute atomic E-state index is 0.0649.